The highest BCUT2D eigenvalue weighted by atomic mass is 15.0. The Kier molecular flexibility index (Phi) is 4.00. The van der Waals surface area contributed by atoms with Crippen LogP contribution in [-0.2, 0) is 0 Å². The molecule has 2 aliphatic carbocycles. The van der Waals surface area contributed by atoms with Crippen LogP contribution in [0.25, 0.3) is 0 Å². The monoisotopic (exact) mass is 210 g/mol. The van der Waals surface area contributed by atoms with Gasteiger partial charge in [-0.15, -0.1) is 0 Å². The molecule has 3 heteroatoms. The van der Waals surface area contributed by atoms with Crippen molar-refractivity contribution in [1.82, 2.24) is 5.32 Å². The van der Waals surface area contributed by atoms with Crippen molar-refractivity contribution in [2.24, 2.45) is 11.5 Å². The van der Waals surface area contributed by atoms with Crippen molar-refractivity contribution in [2.45, 2.75) is 69.1 Å². The van der Waals surface area contributed by atoms with E-state index < -0.39 is 0 Å². The largest absolute Gasteiger partial charge is 0.326 e. The molecule has 0 aromatic heterocycles. The molecule has 2 saturated carbocycles. The molecule has 5 N–H and O–H groups in total. The Morgan fingerprint density at radius 2 is 1.67 bits per heavy atom. The minimum absolute atomic E-state index is 0.299. The highest BCUT2D eigenvalue weighted by Crippen LogP contribution is 2.21. The van der Waals surface area contributed by atoms with Gasteiger partial charge in [0.15, 0.2) is 0 Å². The molecular weight excluding hydrogens is 186 g/mol. The van der Waals surface area contributed by atoms with Gasteiger partial charge in [-0.1, -0.05) is 12.8 Å². The second kappa shape index (κ2) is 5.28. The number of rotatable bonds is 2. The van der Waals surface area contributed by atoms with Crippen LogP contribution in [0.1, 0.15) is 44.9 Å². The number of hydrogen-bond acceptors (Lipinski definition) is 3. The Labute approximate surface area is 93.0 Å². The van der Waals surface area contributed by atoms with E-state index in [0.29, 0.717) is 24.2 Å². The highest BCUT2D eigenvalue weighted by Gasteiger charge is 2.28. The first-order chi connectivity index (χ1) is 7.27. The summed E-state index contributed by atoms with van der Waals surface area (Å²) in [5, 5.41) is 3.69. The fourth-order valence-corrected chi connectivity index (χ4v) is 2.83. The number of nitrogens with two attached hydrogens (primary N) is 2. The Balaban J connectivity index is 1.83. The van der Waals surface area contributed by atoms with Gasteiger partial charge in [0.1, 0.15) is 0 Å². The fourth-order valence-electron chi connectivity index (χ4n) is 2.83. The van der Waals surface area contributed by atoms with E-state index in [9.17, 15) is 0 Å². The second-order valence-electron chi connectivity index (χ2n) is 5.09. The smallest absolute Gasteiger partial charge is 0.0222 e. The van der Waals surface area contributed by atoms with Crippen LogP contribution in [0.2, 0.25) is 0 Å². The van der Waals surface area contributed by atoms with E-state index in [-0.39, 0.29) is 0 Å². The zero-order valence-electron chi connectivity index (χ0n) is 9.49. The first-order valence-electron chi connectivity index (χ1n) is 6.36. The van der Waals surface area contributed by atoms with Crippen molar-refractivity contribution in [1.29, 1.82) is 0 Å². The Morgan fingerprint density at radius 1 is 0.933 bits per heavy atom. The molecule has 0 spiro atoms. The highest BCUT2D eigenvalue weighted by molar-refractivity contribution is 4.95. The average molecular weight is 210 g/mol. The van der Waals surface area contributed by atoms with E-state index in [1.807, 2.05) is 0 Å². The van der Waals surface area contributed by atoms with Crippen molar-refractivity contribution in [2.75, 3.05) is 0 Å². The second-order valence-corrected chi connectivity index (χ2v) is 5.09. The van der Waals surface area contributed by atoms with E-state index in [1.165, 1.54) is 38.5 Å². The molecule has 0 heterocycles. The lowest BCUT2D eigenvalue weighted by atomic mass is 9.86. The minimum atomic E-state index is 0.299. The summed E-state index contributed by atoms with van der Waals surface area (Å²) in [6.45, 7) is 0. The summed E-state index contributed by atoms with van der Waals surface area (Å²) in [6.07, 6.45) is 10.8. The lowest BCUT2D eigenvalue weighted by molar-refractivity contribution is 0.261. The Hall–Kier alpha value is -0.120. The maximum atomic E-state index is 6.13. The van der Waals surface area contributed by atoms with Gasteiger partial charge in [0.05, 0.1) is 0 Å². The van der Waals surface area contributed by atoms with Crippen LogP contribution < -0.4 is 16.8 Å². The van der Waals surface area contributed by atoms with Gasteiger partial charge in [0.2, 0.25) is 0 Å². The first kappa shape index (κ1) is 11.4. The standard InChI is InChI=1S/C12H24N3/c13-9-5-1-3-7-11(9)15-12-8-4-2-6-10(12)14/h1,9-12,15H,2-8,13-14H2. The molecule has 0 bridgehead atoms. The van der Waals surface area contributed by atoms with Gasteiger partial charge in [0, 0.05) is 24.2 Å². The summed E-state index contributed by atoms with van der Waals surface area (Å²) in [6, 6.07) is 1.64. The van der Waals surface area contributed by atoms with Gasteiger partial charge in [-0.2, -0.15) is 0 Å². The third-order valence-corrected chi connectivity index (χ3v) is 3.89. The average Bonchev–Trinajstić information content (AvgIpc) is 2.24. The Bertz CT molecular complexity index is 175. The summed E-state index contributed by atoms with van der Waals surface area (Å²) in [5.41, 5.74) is 12.2. The predicted octanol–water partition coefficient (Wildman–Crippen LogP) is 0.930. The molecule has 2 rings (SSSR count). The summed E-state index contributed by atoms with van der Waals surface area (Å²) in [5.74, 6) is 0. The van der Waals surface area contributed by atoms with Gasteiger partial charge < -0.3 is 16.8 Å². The summed E-state index contributed by atoms with van der Waals surface area (Å²) in [4.78, 5) is 0. The van der Waals surface area contributed by atoms with E-state index in [0.717, 1.165) is 6.42 Å². The maximum absolute atomic E-state index is 6.13. The van der Waals surface area contributed by atoms with Crippen LogP contribution >= 0.6 is 0 Å². The van der Waals surface area contributed by atoms with E-state index in [2.05, 4.69) is 11.7 Å². The fraction of sp³-hybridized carbons (Fsp3) is 0.917. The molecular formula is C12H24N3. The van der Waals surface area contributed by atoms with Crippen molar-refractivity contribution in [3.05, 3.63) is 6.42 Å². The van der Waals surface area contributed by atoms with Crippen molar-refractivity contribution in [3.63, 3.8) is 0 Å². The normalized spacial score (nSPS) is 42.8. The van der Waals surface area contributed by atoms with E-state index in [4.69, 9.17) is 11.5 Å². The van der Waals surface area contributed by atoms with Crippen LogP contribution in [0.15, 0.2) is 0 Å². The van der Waals surface area contributed by atoms with Crippen LogP contribution in [-0.4, -0.2) is 24.2 Å². The summed E-state index contributed by atoms with van der Waals surface area (Å²) < 4.78 is 0. The zero-order chi connectivity index (χ0) is 10.7. The van der Waals surface area contributed by atoms with Gasteiger partial charge in [-0.25, -0.2) is 0 Å². The van der Waals surface area contributed by atoms with Gasteiger partial charge in [-0.05, 0) is 38.5 Å². The lowest BCUT2D eigenvalue weighted by Crippen LogP contribution is -2.56. The molecule has 15 heavy (non-hydrogen) atoms. The maximum Gasteiger partial charge on any atom is 0.0222 e. The molecule has 0 amide bonds. The molecule has 87 valence electrons. The molecule has 0 saturated heterocycles. The third kappa shape index (κ3) is 2.92. The molecule has 2 aliphatic rings. The topological polar surface area (TPSA) is 64.1 Å². The van der Waals surface area contributed by atoms with Crippen LogP contribution in [0.5, 0.6) is 0 Å². The predicted molar refractivity (Wildman–Crippen MR) is 63.3 cm³/mol. The molecule has 0 aromatic carbocycles. The molecule has 4 atom stereocenters. The van der Waals surface area contributed by atoms with Gasteiger partial charge in [-0.3, -0.25) is 0 Å². The van der Waals surface area contributed by atoms with Gasteiger partial charge in [0.25, 0.3) is 0 Å². The van der Waals surface area contributed by atoms with Crippen LogP contribution in [0.3, 0.4) is 0 Å². The SMILES string of the molecule is NC1C[CH]CCC1NC1CCCCC1N. The van der Waals surface area contributed by atoms with E-state index in [1.54, 1.807) is 0 Å². The van der Waals surface area contributed by atoms with Crippen molar-refractivity contribution >= 4 is 0 Å². The first-order valence-corrected chi connectivity index (χ1v) is 6.36. The van der Waals surface area contributed by atoms with Crippen LogP contribution in [0.4, 0.5) is 0 Å². The van der Waals surface area contributed by atoms with Gasteiger partial charge >= 0.3 is 0 Å². The molecule has 3 nitrogen and oxygen atoms in total. The van der Waals surface area contributed by atoms with Crippen molar-refractivity contribution in [3.8, 4) is 0 Å². The number of hydrogen-bond donors (Lipinski definition) is 3. The molecule has 0 aromatic rings. The minimum Gasteiger partial charge on any atom is -0.326 e. The number of nitrogens with one attached hydrogen (secondary N) is 1. The Morgan fingerprint density at radius 3 is 2.40 bits per heavy atom. The molecule has 2 fully saturated rings. The molecule has 1 radical (unpaired) electrons. The molecule has 4 unspecified atom stereocenters. The van der Waals surface area contributed by atoms with Crippen molar-refractivity contribution < 1.29 is 0 Å². The summed E-state index contributed by atoms with van der Waals surface area (Å²) >= 11 is 0. The quantitative estimate of drug-likeness (QED) is 0.635. The zero-order valence-corrected chi connectivity index (χ0v) is 9.49. The van der Waals surface area contributed by atoms with E-state index >= 15 is 0 Å². The van der Waals surface area contributed by atoms with Crippen LogP contribution in [0, 0.1) is 6.42 Å². The summed E-state index contributed by atoms with van der Waals surface area (Å²) in [7, 11) is 0. The molecule has 0 aliphatic heterocycles. The lowest BCUT2D eigenvalue weighted by Gasteiger charge is -2.37. The third-order valence-electron chi connectivity index (χ3n) is 3.89.